The first-order valence-corrected chi connectivity index (χ1v) is 18.2. The van der Waals surface area contributed by atoms with Gasteiger partial charge in [-0.1, -0.05) is 48.0 Å². The van der Waals surface area contributed by atoms with Gasteiger partial charge >= 0.3 is 6.09 Å². The minimum Gasteiger partial charge on any atom is -0.444 e. The molecule has 12 heteroatoms. The van der Waals surface area contributed by atoms with Crippen LogP contribution in [0.4, 0.5) is 10.7 Å². The summed E-state index contributed by atoms with van der Waals surface area (Å²) in [5, 5.41) is 8.40. The first-order valence-electron chi connectivity index (χ1n) is 16.4. The fourth-order valence-electron chi connectivity index (χ4n) is 6.54. The SMILES string of the molecule is CC(C)(C)OC(=O)N1CCC(CN[C@H]2CCC[C@@H](Nc3ncc(Cl)c(-c4cn(S(=O)(=O)c5ccccc5)c5ccccc45)n3)C2)CC1. The molecule has 2 aliphatic rings. The van der Waals surface area contributed by atoms with Crippen molar-refractivity contribution in [2.24, 2.45) is 5.92 Å². The fourth-order valence-corrected chi connectivity index (χ4v) is 8.12. The number of amides is 1. The van der Waals surface area contributed by atoms with Gasteiger partial charge in [-0.25, -0.2) is 27.2 Å². The molecule has 4 aromatic rings. The predicted molar refractivity (Wildman–Crippen MR) is 185 cm³/mol. The van der Waals surface area contributed by atoms with E-state index >= 15 is 0 Å². The Morgan fingerprint density at radius 3 is 2.45 bits per heavy atom. The topological polar surface area (TPSA) is 118 Å². The van der Waals surface area contributed by atoms with E-state index in [2.05, 4.69) is 15.6 Å². The minimum atomic E-state index is -3.85. The van der Waals surface area contributed by atoms with Crippen LogP contribution < -0.4 is 10.6 Å². The molecule has 1 saturated heterocycles. The summed E-state index contributed by atoms with van der Waals surface area (Å²) in [5.41, 5.74) is 1.17. The average Bonchev–Trinajstić information content (AvgIpc) is 3.45. The number of hydrogen-bond acceptors (Lipinski definition) is 8. The number of fused-ring (bicyclic) bond motifs is 1. The lowest BCUT2D eigenvalue weighted by molar-refractivity contribution is 0.0182. The van der Waals surface area contributed by atoms with Crippen LogP contribution in [0.2, 0.25) is 5.02 Å². The Morgan fingerprint density at radius 2 is 1.70 bits per heavy atom. The highest BCUT2D eigenvalue weighted by atomic mass is 35.5. The smallest absolute Gasteiger partial charge is 0.410 e. The van der Waals surface area contributed by atoms with Crippen LogP contribution in [0.15, 0.2) is 71.9 Å². The molecule has 250 valence electrons. The highest BCUT2D eigenvalue weighted by molar-refractivity contribution is 7.90. The number of hydrogen-bond donors (Lipinski definition) is 2. The molecule has 1 amide bonds. The number of nitrogens with one attached hydrogen (secondary N) is 2. The molecule has 47 heavy (non-hydrogen) atoms. The molecule has 2 aromatic carbocycles. The molecule has 3 heterocycles. The highest BCUT2D eigenvalue weighted by Crippen LogP contribution is 2.36. The van der Waals surface area contributed by atoms with Gasteiger partial charge in [0.05, 0.1) is 27.3 Å². The maximum Gasteiger partial charge on any atom is 0.410 e. The van der Waals surface area contributed by atoms with Crippen molar-refractivity contribution < 1.29 is 17.9 Å². The molecule has 1 saturated carbocycles. The maximum atomic E-state index is 13.6. The Balaban J connectivity index is 1.11. The van der Waals surface area contributed by atoms with Crippen LogP contribution in [0, 0.1) is 5.92 Å². The van der Waals surface area contributed by atoms with Crippen molar-refractivity contribution >= 4 is 44.6 Å². The fraction of sp³-hybridized carbons (Fsp3) is 0.457. The van der Waals surface area contributed by atoms with Gasteiger partial charge in [-0.15, -0.1) is 0 Å². The van der Waals surface area contributed by atoms with Crippen LogP contribution in [-0.2, 0) is 14.8 Å². The van der Waals surface area contributed by atoms with Gasteiger partial charge in [-0.2, -0.15) is 0 Å². The van der Waals surface area contributed by atoms with Crippen LogP contribution in [-0.4, -0.2) is 70.7 Å². The van der Waals surface area contributed by atoms with Crippen LogP contribution >= 0.6 is 11.6 Å². The monoisotopic (exact) mass is 678 g/mol. The molecule has 2 N–H and O–H groups in total. The molecule has 1 aliphatic carbocycles. The number of anilines is 1. The van der Waals surface area contributed by atoms with E-state index in [0.717, 1.165) is 63.5 Å². The largest absolute Gasteiger partial charge is 0.444 e. The second kappa shape index (κ2) is 13.8. The maximum absolute atomic E-state index is 13.6. The van der Waals surface area contributed by atoms with Crippen LogP contribution in [0.25, 0.3) is 22.2 Å². The zero-order chi connectivity index (χ0) is 33.2. The quantitative estimate of drug-likeness (QED) is 0.206. The third-order valence-corrected chi connectivity index (χ3v) is 10.9. The molecule has 0 bridgehead atoms. The molecule has 1 aliphatic heterocycles. The minimum absolute atomic E-state index is 0.184. The van der Waals surface area contributed by atoms with Crippen molar-refractivity contribution in [1.29, 1.82) is 0 Å². The standard InChI is InChI=1S/C35H43ClN6O4S/c1-35(2,3)46-34(43)41-18-16-24(17-19-41)21-37-25-10-9-11-26(20-25)39-33-38-22-30(36)32(40-33)29-23-42(31-15-8-7-14-28(29)31)47(44,45)27-12-5-4-6-13-27/h4-8,12-15,22-26,37H,9-11,16-21H2,1-3H3,(H,38,39,40)/t25-,26+/m0/s1. The molecule has 0 radical (unpaired) electrons. The van der Waals surface area contributed by atoms with Crippen molar-refractivity contribution in [3.63, 3.8) is 0 Å². The number of para-hydroxylation sites is 1. The third kappa shape index (κ3) is 7.74. The summed E-state index contributed by atoms with van der Waals surface area (Å²) in [7, 11) is -3.85. The van der Waals surface area contributed by atoms with E-state index in [1.807, 2.05) is 43.9 Å². The van der Waals surface area contributed by atoms with E-state index in [0.29, 0.717) is 39.7 Å². The third-order valence-electron chi connectivity index (χ3n) is 8.95. The molecule has 0 spiro atoms. The number of halogens is 1. The first-order chi connectivity index (χ1) is 22.5. The highest BCUT2D eigenvalue weighted by Gasteiger charge is 2.29. The molecule has 0 unspecified atom stereocenters. The van der Waals surface area contributed by atoms with Crippen LogP contribution in [0.3, 0.4) is 0 Å². The number of ether oxygens (including phenoxy) is 1. The van der Waals surface area contributed by atoms with E-state index in [4.69, 9.17) is 21.3 Å². The van der Waals surface area contributed by atoms with Crippen LogP contribution in [0.1, 0.15) is 59.3 Å². The summed E-state index contributed by atoms with van der Waals surface area (Å²) < 4.78 is 34.1. The molecule has 10 nitrogen and oxygen atoms in total. The number of aromatic nitrogens is 3. The summed E-state index contributed by atoms with van der Waals surface area (Å²) in [6.07, 6.45) is 9.01. The molecular formula is C35H43ClN6O4S. The Morgan fingerprint density at radius 1 is 1.00 bits per heavy atom. The van der Waals surface area contributed by atoms with Crippen molar-refractivity contribution in [2.75, 3.05) is 25.0 Å². The summed E-state index contributed by atoms with van der Waals surface area (Å²) in [6.45, 7) is 8.07. The second-order valence-electron chi connectivity index (χ2n) is 13.6. The van der Waals surface area contributed by atoms with Crippen LogP contribution in [0.5, 0.6) is 0 Å². The number of benzene rings is 2. The van der Waals surface area contributed by atoms with Gasteiger partial charge in [-0.05, 0) is 90.0 Å². The Labute approximate surface area is 281 Å². The van der Waals surface area contributed by atoms with Gasteiger partial charge in [0.1, 0.15) is 5.60 Å². The second-order valence-corrected chi connectivity index (χ2v) is 15.8. The summed E-state index contributed by atoms with van der Waals surface area (Å²) in [5.74, 6) is 0.990. The summed E-state index contributed by atoms with van der Waals surface area (Å²) in [6, 6.07) is 16.3. The lowest BCUT2D eigenvalue weighted by atomic mass is 9.90. The number of rotatable bonds is 8. The predicted octanol–water partition coefficient (Wildman–Crippen LogP) is 6.95. The zero-order valence-corrected chi connectivity index (χ0v) is 28.7. The molecule has 6 rings (SSSR count). The van der Waals surface area contributed by atoms with Gasteiger partial charge in [0.25, 0.3) is 10.0 Å². The Kier molecular flexibility index (Phi) is 9.77. The average molecular weight is 679 g/mol. The molecular weight excluding hydrogens is 636 g/mol. The number of carbonyl (C=O) groups excluding carboxylic acids is 1. The Hall–Kier alpha value is -3.67. The molecule has 2 atom stereocenters. The number of likely N-dealkylation sites (tertiary alicyclic amines) is 1. The number of carbonyl (C=O) groups is 1. The van der Waals surface area contributed by atoms with Crippen molar-refractivity contribution in [2.45, 2.75) is 81.9 Å². The van der Waals surface area contributed by atoms with Crippen molar-refractivity contribution in [1.82, 2.24) is 24.2 Å². The normalized spacial score (nSPS) is 19.5. The van der Waals surface area contributed by atoms with E-state index in [9.17, 15) is 13.2 Å². The Bertz CT molecular complexity index is 1820. The van der Waals surface area contributed by atoms with Crippen molar-refractivity contribution in [3.05, 3.63) is 72.0 Å². The number of nitrogens with zero attached hydrogens (tertiary/aromatic N) is 4. The lowest BCUT2D eigenvalue weighted by Gasteiger charge is -2.35. The lowest BCUT2D eigenvalue weighted by Crippen LogP contribution is -2.45. The van der Waals surface area contributed by atoms with Crippen molar-refractivity contribution in [3.8, 4) is 11.3 Å². The first kappa shape index (κ1) is 33.2. The van der Waals surface area contributed by atoms with E-state index < -0.39 is 15.6 Å². The van der Waals surface area contributed by atoms with Gasteiger partial charge < -0.3 is 20.3 Å². The summed E-state index contributed by atoms with van der Waals surface area (Å²) in [4.78, 5) is 23.8. The molecule has 2 aromatic heterocycles. The zero-order valence-electron chi connectivity index (χ0n) is 27.2. The number of piperidine rings is 1. The van der Waals surface area contributed by atoms with Gasteiger partial charge in [-0.3, -0.25) is 0 Å². The molecule has 2 fully saturated rings. The van der Waals surface area contributed by atoms with E-state index in [-0.39, 0.29) is 17.0 Å². The van der Waals surface area contributed by atoms with E-state index in [1.165, 1.54) is 3.97 Å². The van der Waals surface area contributed by atoms with E-state index in [1.54, 1.807) is 48.8 Å². The summed E-state index contributed by atoms with van der Waals surface area (Å²) >= 11 is 6.66. The van der Waals surface area contributed by atoms with Gasteiger partial charge in [0.2, 0.25) is 5.95 Å². The van der Waals surface area contributed by atoms with Gasteiger partial charge in [0, 0.05) is 42.3 Å². The van der Waals surface area contributed by atoms with Gasteiger partial charge in [0.15, 0.2) is 0 Å².